The Morgan fingerprint density at radius 3 is 2.70 bits per heavy atom. The molecule has 5 N–H and O–H groups in total. The maximum absolute atomic E-state index is 11.2. The van der Waals surface area contributed by atoms with Gasteiger partial charge in [0.05, 0.1) is 12.7 Å². The molecular weight excluding hydrogens is 254 g/mol. The summed E-state index contributed by atoms with van der Waals surface area (Å²) in [5, 5.41) is 3.21. The van der Waals surface area contributed by atoms with Crippen molar-refractivity contribution in [3.63, 3.8) is 0 Å². The summed E-state index contributed by atoms with van der Waals surface area (Å²) in [4.78, 5) is 11.2. The van der Waals surface area contributed by atoms with Gasteiger partial charge in [-0.25, -0.2) is 0 Å². The van der Waals surface area contributed by atoms with Crippen molar-refractivity contribution in [3.8, 4) is 5.75 Å². The minimum absolute atomic E-state index is 0.315. The molecule has 5 heteroatoms. The van der Waals surface area contributed by atoms with Crippen LogP contribution in [0.4, 0.5) is 11.4 Å². The van der Waals surface area contributed by atoms with Crippen LogP contribution in [0.1, 0.15) is 15.9 Å². The summed E-state index contributed by atoms with van der Waals surface area (Å²) in [6.45, 7) is 0.576. The molecule has 0 bridgehead atoms. The molecule has 2 aromatic carbocycles. The van der Waals surface area contributed by atoms with Crippen LogP contribution in [0.25, 0.3) is 0 Å². The molecule has 0 spiro atoms. The Labute approximate surface area is 117 Å². The van der Waals surface area contributed by atoms with Crippen LogP contribution in [-0.2, 0) is 6.54 Å². The van der Waals surface area contributed by atoms with Gasteiger partial charge in [0.25, 0.3) is 5.91 Å². The zero-order chi connectivity index (χ0) is 14.5. The van der Waals surface area contributed by atoms with Crippen molar-refractivity contribution >= 4 is 17.3 Å². The number of hydrogen-bond acceptors (Lipinski definition) is 4. The van der Waals surface area contributed by atoms with Crippen molar-refractivity contribution in [2.45, 2.75) is 6.54 Å². The maximum atomic E-state index is 11.2. The molecule has 0 atom stereocenters. The summed E-state index contributed by atoms with van der Waals surface area (Å²) in [7, 11) is 1.63. The number of anilines is 2. The molecule has 0 aromatic heterocycles. The molecule has 20 heavy (non-hydrogen) atoms. The zero-order valence-corrected chi connectivity index (χ0v) is 11.2. The topological polar surface area (TPSA) is 90.4 Å². The lowest BCUT2D eigenvalue weighted by Gasteiger charge is -2.11. The number of nitrogens with two attached hydrogens (primary N) is 2. The van der Waals surface area contributed by atoms with Gasteiger partial charge in [-0.2, -0.15) is 0 Å². The zero-order valence-electron chi connectivity index (χ0n) is 11.2. The fourth-order valence-electron chi connectivity index (χ4n) is 1.93. The van der Waals surface area contributed by atoms with Crippen LogP contribution in [-0.4, -0.2) is 13.0 Å². The molecule has 104 valence electrons. The first-order valence-corrected chi connectivity index (χ1v) is 6.17. The Hall–Kier alpha value is -2.69. The number of ether oxygens (including phenoxy) is 1. The van der Waals surface area contributed by atoms with E-state index in [9.17, 15) is 4.79 Å². The first-order chi connectivity index (χ1) is 9.61. The van der Waals surface area contributed by atoms with Crippen molar-refractivity contribution in [1.82, 2.24) is 0 Å². The van der Waals surface area contributed by atoms with Gasteiger partial charge in [0.1, 0.15) is 5.75 Å². The second kappa shape index (κ2) is 5.97. The lowest BCUT2D eigenvalue weighted by molar-refractivity contribution is 0.100. The number of nitrogens with one attached hydrogen (secondary N) is 1. The van der Waals surface area contributed by atoms with E-state index in [0.29, 0.717) is 17.8 Å². The molecule has 2 aromatic rings. The standard InChI is InChI=1S/C15H17N3O2/c1-20-14-5-3-2-4-10(14)9-18-11-6-7-13(16)12(8-11)15(17)19/h2-8,18H,9,16H2,1H3,(H2,17,19). The Morgan fingerprint density at radius 1 is 1.25 bits per heavy atom. The molecule has 0 saturated carbocycles. The van der Waals surface area contributed by atoms with Gasteiger partial charge in [0, 0.05) is 23.5 Å². The van der Waals surface area contributed by atoms with Gasteiger partial charge in [-0.1, -0.05) is 18.2 Å². The van der Waals surface area contributed by atoms with Crippen LogP contribution >= 0.6 is 0 Å². The number of methoxy groups -OCH3 is 1. The minimum Gasteiger partial charge on any atom is -0.496 e. The first kappa shape index (κ1) is 13.7. The average Bonchev–Trinajstić information content (AvgIpc) is 2.46. The van der Waals surface area contributed by atoms with E-state index >= 15 is 0 Å². The molecule has 0 saturated heterocycles. The van der Waals surface area contributed by atoms with Gasteiger partial charge in [-0.05, 0) is 24.3 Å². The Bertz CT molecular complexity index is 626. The SMILES string of the molecule is COc1ccccc1CNc1ccc(N)c(C(N)=O)c1. The molecule has 0 fully saturated rings. The third-order valence-corrected chi connectivity index (χ3v) is 2.99. The van der Waals surface area contributed by atoms with Crippen LogP contribution in [0.3, 0.4) is 0 Å². The summed E-state index contributed by atoms with van der Waals surface area (Å²) >= 11 is 0. The van der Waals surface area contributed by atoms with E-state index in [2.05, 4.69) is 5.32 Å². The number of rotatable bonds is 5. The van der Waals surface area contributed by atoms with E-state index in [1.165, 1.54) is 0 Å². The molecule has 0 unspecified atom stereocenters. The number of amides is 1. The third kappa shape index (κ3) is 3.00. The molecule has 5 nitrogen and oxygen atoms in total. The Morgan fingerprint density at radius 2 is 2.00 bits per heavy atom. The van der Waals surface area contributed by atoms with Crippen molar-refractivity contribution in [2.75, 3.05) is 18.2 Å². The van der Waals surface area contributed by atoms with Crippen LogP contribution < -0.4 is 21.5 Å². The molecule has 0 aliphatic heterocycles. The average molecular weight is 271 g/mol. The highest BCUT2D eigenvalue weighted by Crippen LogP contribution is 2.21. The fourth-order valence-corrected chi connectivity index (χ4v) is 1.93. The van der Waals surface area contributed by atoms with Gasteiger partial charge >= 0.3 is 0 Å². The molecule has 1 amide bonds. The van der Waals surface area contributed by atoms with E-state index in [1.54, 1.807) is 25.3 Å². The van der Waals surface area contributed by atoms with Gasteiger partial charge in [-0.3, -0.25) is 4.79 Å². The van der Waals surface area contributed by atoms with Gasteiger partial charge < -0.3 is 21.5 Å². The number of para-hydroxylation sites is 1. The number of hydrogen-bond donors (Lipinski definition) is 3. The summed E-state index contributed by atoms with van der Waals surface area (Å²) in [5.74, 6) is 0.272. The summed E-state index contributed by atoms with van der Waals surface area (Å²) in [5.41, 5.74) is 13.5. The molecule has 0 radical (unpaired) electrons. The van der Waals surface area contributed by atoms with E-state index in [0.717, 1.165) is 17.0 Å². The summed E-state index contributed by atoms with van der Waals surface area (Å²) in [6.07, 6.45) is 0. The van der Waals surface area contributed by atoms with Gasteiger partial charge in [0.2, 0.25) is 0 Å². The highest BCUT2D eigenvalue weighted by molar-refractivity contribution is 5.98. The quantitative estimate of drug-likeness (QED) is 0.725. The lowest BCUT2D eigenvalue weighted by atomic mass is 10.1. The maximum Gasteiger partial charge on any atom is 0.250 e. The Kier molecular flexibility index (Phi) is 4.10. The molecular formula is C15H17N3O2. The number of benzene rings is 2. The fraction of sp³-hybridized carbons (Fsp3) is 0.133. The summed E-state index contributed by atoms with van der Waals surface area (Å²) < 4.78 is 5.28. The van der Waals surface area contributed by atoms with Crippen LogP contribution in [0, 0.1) is 0 Å². The number of nitrogen functional groups attached to an aromatic ring is 1. The summed E-state index contributed by atoms with van der Waals surface area (Å²) in [6, 6.07) is 12.8. The normalized spacial score (nSPS) is 10.1. The van der Waals surface area contributed by atoms with Gasteiger partial charge in [-0.15, -0.1) is 0 Å². The van der Waals surface area contributed by atoms with E-state index in [-0.39, 0.29) is 0 Å². The largest absolute Gasteiger partial charge is 0.496 e. The second-order valence-corrected chi connectivity index (χ2v) is 4.33. The predicted octanol–water partition coefficient (Wildman–Crippen LogP) is 1.99. The van der Waals surface area contributed by atoms with Crippen molar-refractivity contribution < 1.29 is 9.53 Å². The monoisotopic (exact) mass is 271 g/mol. The van der Waals surface area contributed by atoms with E-state index in [1.807, 2.05) is 24.3 Å². The minimum atomic E-state index is -0.538. The number of carbonyl (C=O) groups excluding carboxylic acids is 1. The molecule has 0 aliphatic rings. The van der Waals surface area contributed by atoms with Crippen LogP contribution in [0.5, 0.6) is 5.75 Å². The lowest BCUT2D eigenvalue weighted by Crippen LogP contribution is -2.14. The highest BCUT2D eigenvalue weighted by atomic mass is 16.5. The third-order valence-electron chi connectivity index (χ3n) is 2.99. The van der Waals surface area contributed by atoms with E-state index < -0.39 is 5.91 Å². The van der Waals surface area contributed by atoms with Crippen LogP contribution in [0.15, 0.2) is 42.5 Å². The molecule has 0 aliphatic carbocycles. The van der Waals surface area contributed by atoms with Crippen molar-refractivity contribution in [2.24, 2.45) is 5.73 Å². The van der Waals surface area contributed by atoms with Crippen LogP contribution in [0.2, 0.25) is 0 Å². The highest BCUT2D eigenvalue weighted by Gasteiger charge is 2.07. The number of carbonyl (C=O) groups is 1. The van der Waals surface area contributed by atoms with Crippen molar-refractivity contribution in [1.29, 1.82) is 0 Å². The predicted molar refractivity (Wildman–Crippen MR) is 79.7 cm³/mol. The van der Waals surface area contributed by atoms with Crippen molar-refractivity contribution in [3.05, 3.63) is 53.6 Å². The first-order valence-electron chi connectivity index (χ1n) is 6.17. The molecule has 2 rings (SSSR count). The van der Waals surface area contributed by atoms with Gasteiger partial charge in [0.15, 0.2) is 0 Å². The molecule has 0 heterocycles. The smallest absolute Gasteiger partial charge is 0.250 e. The van der Waals surface area contributed by atoms with E-state index in [4.69, 9.17) is 16.2 Å². The second-order valence-electron chi connectivity index (χ2n) is 4.33. The Balaban J connectivity index is 2.15. The number of primary amides is 1.